The number of rotatable bonds is 11. The first-order valence-electron chi connectivity index (χ1n) is 14.1. The van der Waals surface area contributed by atoms with Crippen molar-refractivity contribution in [2.75, 3.05) is 43.1 Å². The van der Waals surface area contributed by atoms with Gasteiger partial charge in [-0.3, -0.25) is 14.9 Å². The maximum atomic E-state index is 13.2. The minimum atomic E-state index is -0.658. The van der Waals surface area contributed by atoms with Gasteiger partial charge >= 0.3 is 12.1 Å². The highest BCUT2D eigenvalue weighted by Crippen LogP contribution is 2.23. The van der Waals surface area contributed by atoms with E-state index in [9.17, 15) is 19.2 Å². The third-order valence-corrected chi connectivity index (χ3v) is 6.26. The number of anilines is 3. The maximum Gasteiger partial charge on any atom is 0.412 e. The van der Waals surface area contributed by atoms with Crippen molar-refractivity contribution in [3.05, 3.63) is 89.5 Å². The van der Waals surface area contributed by atoms with Crippen LogP contribution in [0.5, 0.6) is 0 Å². The third kappa shape index (κ3) is 10.9. The molecule has 0 bridgehead atoms. The number of nitrogens with one attached hydrogen (secondary N) is 3. The number of Topliss-reactive ketones (excluding diaryl/α,β-unsaturated/α-hetero) is 1. The second kappa shape index (κ2) is 15.0. The average Bonchev–Trinajstić information content (AvgIpc) is 2.93. The molecule has 0 aliphatic heterocycles. The van der Waals surface area contributed by atoms with E-state index in [1.807, 2.05) is 26.2 Å². The van der Waals surface area contributed by atoms with Gasteiger partial charge in [0.05, 0.1) is 11.4 Å². The molecule has 0 aliphatic rings. The van der Waals surface area contributed by atoms with Crippen LogP contribution in [0.3, 0.4) is 0 Å². The maximum absolute atomic E-state index is 13.2. The van der Waals surface area contributed by atoms with Crippen molar-refractivity contribution < 1.29 is 23.9 Å². The molecule has 4 amide bonds. The van der Waals surface area contributed by atoms with Crippen LogP contribution in [-0.4, -0.2) is 66.4 Å². The molecule has 3 N–H and O–H groups in total. The van der Waals surface area contributed by atoms with Gasteiger partial charge in [-0.2, -0.15) is 0 Å². The number of carbonyl (C=O) groups is 4. The van der Waals surface area contributed by atoms with Gasteiger partial charge in [0.1, 0.15) is 5.60 Å². The third-order valence-electron chi connectivity index (χ3n) is 6.26. The minimum absolute atomic E-state index is 0.0398. The first kappa shape index (κ1) is 32.8. The number of hydrogen-bond acceptors (Lipinski definition) is 6. The van der Waals surface area contributed by atoms with Crippen LogP contribution in [0.25, 0.3) is 0 Å². The number of nitrogens with zero attached hydrogens (tertiary/aromatic N) is 2. The molecule has 0 aliphatic carbocycles. The lowest BCUT2D eigenvalue weighted by atomic mass is 10.1. The fourth-order valence-corrected chi connectivity index (χ4v) is 4.11. The Labute approximate surface area is 253 Å². The Balaban J connectivity index is 1.68. The molecule has 0 spiro atoms. The first-order valence-corrected chi connectivity index (χ1v) is 14.1. The molecule has 228 valence electrons. The molecule has 0 aromatic heterocycles. The molecule has 0 heterocycles. The van der Waals surface area contributed by atoms with Gasteiger partial charge in [-0.25, -0.2) is 9.59 Å². The van der Waals surface area contributed by atoms with Gasteiger partial charge in [0.2, 0.25) is 0 Å². The summed E-state index contributed by atoms with van der Waals surface area (Å²) in [4.78, 5) is 53.9. The number of hydrogen-bond donors (Lipinski definition) is 3. The summed E-state index contributed by atoms with van der Waals surface area (Å²) in [5, 5.41) is 8.43. The Morgan fingerprint density at radius 3 is 1.88 bits per heavy atom. The Morgan fingerprint density at radius 2 is 1.33 bits per heavy atom. The number of amides is 4. The van der Waals surface area contributed by atoms with E-state index in [1.54, 1.807) is 86.3 Å². The second-order valence-electron chi connectivity index (χ2n) is 11.5. The van der Waals surface area contributed by atoms with Gasteiger partial charge in [0.15, 0.2) is 5.78 Å². The lowest BCUT2D eigenvalue weighted by molar-refractivity contribution is 0.0635. The number of ether oxygens (including phenoxy) is 1. The van der Waals surface area contributed by atoms with Gasteiger partial charge in [0.25, 0.3) is 5.91 Å². The van der Waals surface area contributed by atoms with Gasteiger partial charge in [-0.1, -0.05) is 24.3 Å². The fourth-order valence-electron chi connectivity index (χ4n) is 4.11. The zero-order chi connectivity index (χ0) is 31.6. The molecule has 0 fully saturated rings. The van der Waals surface area contributed by atoms with Gasteiger partial charge < -0.3 is 25.2 Å². The van der Waals surface area contributed by atoms with E-state index in [0.717, 1.165) is 18.5 Å². The summed E-state index contributed by atoms with van der Waals surface area (Å²) in [6.07, 6.45) is 0.159. The molecule has 0 unspecified atom stereocenters. The molecule has 10 heteroatoms. The van der Waals surface area contributed by atoms with Gasteiger partial charge in [-0.15, -0.1) is 0 Å². The molecule has 0 atom stereocenters. The predicted octanol–water partition coefficient (Wildman–Crippen LogP) is 6.47. The molecule has 3 aromatic carbocycles. The van der Waals surface area contributed by atoms with E-state index < -0.39 is 11.7 Å². The van der Waals surface area contributed by atoms with Crippen molar-refractivity contribution in [2.24, 2.45) is 0 Å². The van der Waals surface area contributed by atoms with Crippen LogP contribution in [0, 0.1) is 0 Å². The number of para-hydroxylation sites is 2. The Kier molecular flexibility index (Phi) is 11.4. The normalized spacial score (nSPS) is 11.0. The van der Waals surface area contributed by atoms with Crippen molar-refractivity contribution in [1.82, 2.24) is 9.80 Å². The molecular formula is C33H41N5O5. The predicted molar refractivity (Wildman–Crippen MR) is 170 cm³/mol. The van der Waals surface area contributed by atoms with E-state index in [-0.39, 0.29) is 17.7 Å². The van der Waals surface area contributed by atoms with Crippen molar-refractivity contribution in [3.8, 4) is 0 Å². The van der Waals surface area contributed by atoms with Gasteiger partial charge in [-0.05, 0) is 109 Å². The van der Waals surface area contributed by atoms with Crippen molar-refractivity contribution in [3.63, 3.8) is 0 Å². The number of urea groups is 1. The number of carbonyl (C=O) groups excluding carboxylic acids is 4. The van der Waals surface area contributed by atoms with Crippen molar-refractivity contribution in [1.29, 1.82) is 0 Å². The molecule has 0 radical (unpaired) electrons. The van der Waals surface area contributed by atoms with E-state index in [0.29, 0.717) is 41.3 Å². The van der Waals surface area contributed by atoms with Crippen LogP contribution >= 0.6 is 0 Å². The van der Waals surface area contributed by atoms with Crippen molar-refractivity contribution >= 4 is 40.9 Å². The van der Waals surface area contributed by atoms with Crippen LogP contribution in [0.15, 0.2) is 72.8 Å². The summed E-state index contributed by atoms with van der Waals surface area (Å²) in [7, 11) is 3.97. The summed E-state index contributed by atoms with van der Waals surface area (Å²) in [5.74, 6) is -0.387. The Hall–Kier alpha value is -4.70. The first-order chi connectivity index (χ1) is 20.3. The van der Waals surface area contributed by atoms with Crippen LogP contribution < -0.4 is 16.0 Å². The molecule has 10 nitrogen and oxygen atoms in total. The number of benzene rings is 3. The van der Waals surface area contributed by atoms with Crippen LogP contribution in [0.2, 0.25) is 0 Å². The van der Waals surface area contributed by atoms with Crippen LogP contribution in [-0.2, 0) is 11.3 Å². The lowest BCUT2D eigenvalue weighted by Gasteiger charge is -2.24. The average molecular weight is 588 g/mol. The highest BCUT2D eigenvalue weighted by Gasteiger charge is 2.19. The molecule has 3 rings (SSSR count). The van der Waals surface area contributed by atoms with Crippen LogP contribution in [0.1, 0.15) is 60.4 Å². The summed E-state index contributed by atoms with van der Waals surface area (Å²) in [6.45, 7) is 8.50. The Morgan fingerprint density at radius 1 is 0.744 bits per heavy atom. The molecule has 43 heavy (non-hydrogen) atoms. The standard InChI is InChI=1S/C33H41N5O5/c1-23(39)25-16-18-27(19-17-25)34-31(41)38(21-9-20-37(5)6)22-24-12-14-26(15-13-24)30(40)35-28-10-7-8-11-29(28)36-32(42)43-33(2,3)4/h7-8,10-19H,9,20-22H2,1-6H3,(H,34,41)(H,35,40)(H,36,42). The van der Waals surface area contributed by atoms with E-state index in [2.05, 4.69) is 20.9 Å². The van der Waals surface area contributed by atoms with Crippen LogP contribution in [0.4, 0.5) is 26.7 Å². The van der Waals surface area contributed by atoms with E-state index >= 15 is 0 Å². The topological polar surface area (TPSA) is 120 Å². The zero-order valence-corrected chi connectivity index (χ0v) is 25.7. The summed E-state index contributed by atoms with van der Waals surface area (Å²) in [5.41, 5.74) is 2.64. The summed E-state index contributed by atoms with van der Waals surface area (Å²) >= 11 is 0. The molecule has 0 saturated carbocycles. The fraction of sp³-hybridized carbons (Fsp3) is 0.333. The molecule has 0 saturated heterocycles. The lowest BCUT2D eigenvalue weighted by Crippen LogP contribution is -2.36. The molecule has 3 aromatic rings. The molecular weight excluding hydrogens is 546 g/mol. The Bertz CT molecular complexity index is 1410. The highest BCUT2D eigenvalue weighted by molar-refractivity contribution is 6.07. The SMILES string of the molecule is CC(=O)c1ccc(NC(=O)N(CCCN(C)C)Cc2ccc(C(=O)Nc3ccccc3NC(=O)OC(C)(C)C)cc2)cc1. The highest BCUT2D eigenvalue weighted by atomic mass is 16.6. The smallest absolute Gasteiger partial charge is 0.412 e. The van der Waals surface area contributed by atoms with Gasteiger partial charge in [0, 0.05) is 29.9 Å². The van der Waals surface area contributed by atoms with Crippen molar-refractivity contribution in [2.45, 2.75) is 46.3 Å². The minimum Gasteiger partial charge on any atom is -0.444 e. The second-order valence-corrected chi connectivity index (χ2v) is 11.5. The monoisotopic (exact) mass is 587 g/mol. The summed E-state index contributed by atoms with van der Waals surface area (Å²) in [6, 6.07) is 20.4. The summed E-state index contributed by atoms with van der Waals surface area (Å²) < 4.78 is 5.32. The van der Waals surface area contributed by atoms with E-state index in [4.69, 9.17) is 4.74 Å². The van der Waals surface area contributed by atoms with E-state index in [1.165, 1.54) is 6.92 Å². The quantitative estimate of drug-likeness (QED) is 0.221. The largest absolute Gasteiger partial charge is 0.444 e. The number of ketones is 1. The zero-order valence-electron chi connectivity index (χ0n) is 25.7.